The Bertz CT molecular complexity index is 676. The van der Waals surface area contributed by atoms with Gasteiger partial charge in [0.25, 0.3) is 0 Å². The summed E-state index contributed by atoms with van der Waals surface area (Å²) in [4.78, 5) is 17.6. The minimum Gasteiger partial charge on any atom is -0.368 e. The second-order valence-electron chi connectivity index (χ2n) is 3.75. The first kappa shape index (κ1) is 12.8. The molecule has 0 bridgehead atoms. The average molecular weight is 266 g/mol. The molecular weight excluding hydrogens is 258 g/mol. The summed E-state index contributed by atoms with van der Waals surface area (Å²) in [6.07, 6.45) is 0. The van der Waals surface area contributed by atoms with Gasteiger partial charge in [-0.05, 0) is 19.1 Å². The maximum atomic E-state index is 13.7. The van der Waals surface area contributed by atoms with Crippen LogP contribution in [0.15, 0.2) is 18.2 Å². The van der Waals surface area contributed by atoms with Crippen molar-refractivity contribution in [3.8, 4) is 11.3 Å². The van der Waals surface area contributed by atoms with E-state index in [4.69, 9.17) is 5.73 Å². The third-order valence-corrected chi connectivity index (χ3v) is 2.44. The zero-order chi connectivity index (χ0) is 14.2. The van der Waals surface area contributed by atoms with E-state index in [1.54, 1.807) is 0 Å². The van der Waals surface area contributed by atoms with Crippen molar-refractivity contribution in [1.29, 1.82) is 0 Å². The van der Waals surface area contributed by atoms with Crippen molar-refractivity contribution in [2.75, 3.05) is 5.73 Å². The molecule has 1 aromatic heterocycles. The Hall–Kier alpha value is -2.64. The van der Waals surface area contributed by atoms with Crippen LogP contribution in [0, 0.1) is 28.7 Å². The van der Waals surface area contributed by atoms with Gasteiger partial charge in [-0.3, -0.25) is 10.1 Å². The van der Waals surface area contributed by atoms with Crippen molar-refractivity contribution in [1.82, 2.24) is 9.97 Å². The molecule has 2 rings (SSSR count). The third kappa shape index (κ3) is 2.32. The SMILES string of the molecule is Cc1nc(N)nc(-c2ccc(F)cc2F)c1[N+](=O)[O-]. The summed E-state index contributed by atoms with van der Waals surface area (Å²) < 4.78 is 26.5. The lowest BCUT2D eigenvalue weighted by atomic mass is 10.1. The van der Waals surface area contributed by atoms with Crippen LogP contribution in [0.25, 0.3) is 11.3 Å². The standard InChI is InChI=1S/C11H8F2N4O2/c1-5-10(17(18)19)9(16-11(14)15-5)7-3-2-6(12)4-8(7)13/h2-4H,1H3,(H2,14,15,16). The molecule has 98 valence electrons. The van der Waals surface area contributed by atoms with Crippen LogP contribution in [-0.4, -0.2) is 14.9 Å². The minimum atomic E-state index is -0.958. The number of aromatic nitrogens is 2. The molecular formula is C11H8F2N4O2. The fraction of sp³-hybridized carbons (Fsp3) is 0.0909. The molecule has 8 heteroatoms. The van der Waals surface area contributed by atoms with E-state index < -0.39 is 22.2 Å². The summed E-state index contributed by atoms with van der Waals surface area (Å²) in [5.41, 5.74) is 4.48. The van der Waals surface area contributed by atoms with Gasteiger partial charge in [0.05, 0.1) is 4.92 Å². The highest BCUT2D eigenvalue weighted by Gasteiger charge is 2.24. The predicted octanol–water partition coefficient (Wildman–Crippen LogP) is 2.22. The normalized spacial score (nSPS) is 10.5. The molecule has 0 aliphatic carbocycles. The predicted molar refractivity (Wildman–Crippen MR) is 63.2 cm³/mol. The fourth-order valence-electron chi connectivity index (χ4n) is 1.68. The molecule has 0 unspecified atom stereocenters. The second-order valence-corrected chi connectivity index (χ2v) is 3.75. The molecule has 0 radical (unpaired) electrons. The molecule has 0 atom stereocenters. The van der Waals surface area contributed by atoms with Crippen molar-refractivity contribution in [2.24, 2.45) is 0 Å². The van der Waals surface area contributed by atoms with Crippen molar-refractivity contribution in [2.45, 2.75) is 6.92 Å². The number of aryl methyl sites for hydroxylation is 1. The number of nitrogen functional groups attached to an aromatic ring is 1. The Labute approximate surface area is 106 Å². The van der Waals surface area contributed by atoms with Crippen LogP contribution < -0.4 is 5.73 Å². The topological polar surface area (TPSA) is 94.9 Å². The molecule has 0 saturated heterocycles. The number of hydrogen-bond acceptors (Lipinski definition) is 5. The van der Waals surface area contributed by atoms with Gasteiger partial charge in [-0.1, -0.05) is 0 Å². The number of hydrogen-bond donors (Lipinski definition) is 1. The van der Waals surface area contributed by atoms with Gasteiger partial charge < -0.3 is 5.73 Å². The van der Waals surface area contributed by atoms with Gasteiger partial charge in [0.2, 0.25) is 5.95 Å². The van der Waals surface area contributed by atoms with Gasteiger partial charge in [-0.15, -0.1) is 0 Å². The molecule has 0 fully saturated rings. The molecule has 19 heavy (non-hydrogen) atoms. The summed E-state index contributed by atoms with van der Waals surface area (Å²) in [5, 5.41) is 11.0. The lowest BCUT2D eigenvalue weighted by Crippen LogP contribution is -2.05. The number of anilines is 1. The van der Waals surface area contributed by atoms with Crippen LogP contribution in [0.1, 0.15) is 5.69 Å². The minimum absolute atomic E-state index is 0.0104. The van der Waals surface area contributed by atoms with E-state index in [2.05, 4.69) is 9.97 Å². The molecule has 0 spiro atoms. The van der Waals surface area contributed by atoms with Crippen LogP contribution in [0.4, 0.5) is 20.4 Å². The van der Waals surface area contributed by atoms with E-state index in [1.807, 2.05) is 0 Å². The third-order valence-electron chi connectivity index (χ3n) is 2.44. The molecule has 0 aliphatic rings. The van der Waals surface area contributed by atoms with E-state index in [9.17, 15) is 18.9 Å². The quantitative estimate of drug-likeness (QED) is 0.664. The van der Waals surface area contributed by atoms with Crippen molar-refractivity contribution in [3.63, 3.8) is 0 Å². The summed E-state index contributed by atoms with van der Waals surface area (Å²) >= 11 is 0. The lowest BCUT2D eigenvalue weighted by Gasteiger charge is -2.06. The molecule has 6 nitrogen and oxygen atoms in total. The van der Waals surface area contributed by atoms with Gasteiger partial charge in [0, 0.05) is 11.6 Å². The van der Waals surface area contributed by atoms with Crippen molar-refractivity contribution in [3.05, 3.63) is 45.6 Å². The summed E-state index contributed by atoms with van der Waals surface area (Å²) in [5.74, 6) is -1.97. The molecule has 0 saturated carbocycles. The molecule has 0 aliphatic heterocycles. The number of rotatable bonds is 2. The van der Waals surface area contributed by atoms with Gasteiger partial charge in [-0.2, -0.15) is 0 Å². The zero-order valence-electron chi connectivity index (χ0n) is 9.72. The Morgan fingerprint density at radius 3 is 2.58 bits per heavy atom. The number of nitrogens with two attached hydrogens (primary N) is 1. The zero-order valence-corrected chi connectivity index (χ0v) is 9.72. The van der Waals surface area contributed by atoms with Crippen LogP contribution in [0.3, 0.4) is 0 Å². The highest BCUT2D eigenvalue weighted by atomic mass is 19.1. The highest BCUT2D eigenvalue weighted by Crippen LogP contribution is 2.32. The maximum Gasteiger partial charge on any atom is 0.316 e. The first-order chi connectivity index (χ1) is 8.90. The molecule has 0 amide bonds. The summed E-state index contributed by atoms with van der Waals surface area (Å²) in [6, 6.07) is 2.67. The van der Waals surface area contributed by atoms with Crippen LogP contribution in [0.5, 0.6) is 0 Å². The van der Waals surface area contributed by atoms with Gasteiger partial charge >= 0.3 is 5.69 Å². The maximum absolute atomic E-state index is 13.7. The Morgan fingerprint density at radius 1 is 1.32 bits per heavy atom. The lowest BCUT2D eigenvalue weighted by molar-refractivity contribution is -0.385. The second kappa shape index (κ2) is 4.56. The number of halogens is 2. The number of benzene rings is 1. The van der Waals surface area contributed by atoms with Gasteiger partial charge in [0.15, 0.2) is 5.69 Å². The molecule has 2 aromatic rings. The van der Waals surface area contributed by atoms with Crippen LogP contribution >= 0.6 is 0 Å². The summed E-state index contributed by atoms with van der Waals surface area (Å²) in [6.45, 7) is 1.36. The van der Waals surface area contributed by atoms with Gasteiger partial charge in [-0.25, -0.2) is 18.7 Å². The van der Waals surface area contributed by atoms with E-state index in [1.165, 1.54) is 6.92 Å². The number of nitro groups is 1. The number of nitrogens with zero attached hydrogens (tertiary/aromatic N) is 3. The van der Waals surface area contributed by atoms with Crippen molar-refractivity contribution < 1.29 is 13.7 Å². The summed E-state index contributed by atoms with van der Waals surface area (Å²) in [7, 11) is 0. The Balaban J connectivity index is 2.77. The Morgan fingerprint density at radius 2 is 2.00 bits per heavy atom. The highest BCUT2D eigenvalue weighted by molar-refractivity contribution is 5.72. The Kier molecular flexibility index (Phi) is 3.07. The van der Waals surface area contributed by atoms with E-state index in [0.717, 1.165) is 12.1 Å². The van der Waals surface area contributed by atoms with E-state index >= 15 is 0 Å². The first-order valence-electron chi connectivity index (χ1n) is 5.14. The van der Waals surface area contributed by atoms with Crippen LogP contribution in [-0.2, 0) is 0 Å². The molecule has 2 N–H and O–H groups in total. The smallest absolute Gasteiger partial charge is 0.316 e. The fourth-order valence-corrected chi connectivity index (χ4v) is 1.68. The monoisotopic (exact) mass is 266 g/mol. The van der Waals surface area contributed by atoms with Gasteiger partial charge in [0.1, 0.15) is 17.3 Å². The molecule has 1 aromatic carbocycles. The van der Waals surface area contributed by atoms with E-state index in [-0.39, 0.29) is 22.9 Å². The van der Waals surface area contributed by atoms with Crippen LogP contribution in [0.2, 0.25) is 0 Å². The largest absolute Gasteiger partial charge is 0.368 e. The average Bonchev–Trinajstić information content (AvgIpc) is 2.26. The van der Waals surface area contributed by atoms with E-state index in [0.29, 0.717) is 6.07 Å². The van der Waals surface area contributed by atoms with Crippen molar-refractivity contribution >= 4 is 11.6 Å². The first-order valence-corrected chi connectivity index (χ1v) is 5.14. The molecule has 1 heterocycles.